The number of amides is 1. The van der Waals surface area contributed by atoms with E-state index in [-0.39, 0.29) is 11.8 Å². The van der Waals surface area contributed by atoms with Gasteiger partial charge in [-0.15, -0.1) is 0 Å². The Morgan fingerprint density at radius 2 is 2.12 bits per heavy atom. The highest BCUT2D eigenvalue weighted by Crippen LogP contribution is 2.31. The highest BCUT2D eigenvalue weighted by atomic mass is 32.1. The van der Waals surface area contributed by atoms with Crippen molar-refractivity contribution in [3.05, 3.63) is 24.3 Å². The Bertz CT molecular complexity index is 598. The highest BCUT2D eigenvalue weighted by Gasteiger charge is 2.32. The summed E-state index contributed by atoms with van der Waals surface area (Å²) in [6.07, 6.45) is 0. The minimum absolute atomic E-state index is 0.00144. The lowest BCUT2D eigenvalue weighted by Crippen LogP contribution is -2.24. The largest absolute Gasteiger partial charge is 0.272 e. The van der Waals surface area contributed by atoms with Crippen LogP contribution in [0.4, 0.5) is 5.13 Å². The van der Waals surface area contributed by atoms with Gasteiger partial charge in [0.25, 0.3) is 5.91 Å². The number of hydrogen-bond acceptors (Lipinski definition) is 4. The van der Waals surface area contributed by atoms with Crippen LogP contribution in [0.15, 0.2) is 29.4 Å². The molecule has 5 heteroatoms. The second-order valence-corrected chi connectivity index (χ2v) is 5.09. The molecular formula is C12H11N3OS. The van der Waals surface area contributed by atoms with Crippen LogP contribution in [0.5, 0.6) is 0 Å². The fourth-order valence-electron chi connectivity index (χ4n) is 1.74. The Hall–Kier alpha value is -1.75. The van der Waals surface area contributed by atoms with Gasteiger partial charge in [-0.1, -0.05) is 23.5 Å². The first-order valence-electron chi connectivity index (χ1n) is 5.41. The molecule has 2 aromatic rings. The van der Waals surface area contributed by atoms with Crippen molar-refractivity contribution < 1.29 is 4.79 Å². The summed E-state index contributed by atoms with van der Waals surface area (Å²) in [5.41, 5.74) is 1.75. The number of rotatable bonds is 1. The molecule has 0 aliphatic carbocycles. The van der Waals surface area contributed by atoms with Crippen LogP contribution in [0.2, 0.25) is 0 Å². The highest BCUT2D eigenvalue weighted by molar-refractivity contribution is 7.22. The number of hydrazone groups is 1. The summed E-state index contributed by atoms with van der Waals surface area (Å²) in [5, 5.41) is 6.34. The van der Waals surface area contributed by atoms with Gasteiger partial charge in [-0.2, -0.15) is 10.1 Å². The number of nitrogens with zero attached hydrogens (tertiary/aromatic N) is 3. The molecule has 17 heavy (non-hydrogen) atoms. The first-order chi connectivity index (χ1) is 8.16. The number of para-hydroxylation sites is 1. The van der Waals surface area contributed by atoms with Crippen molar-refractivity contribution in [1.29, 1.82) is 0 Å². The maximum atomic E-state index is 12.0. The minimum atomic E-state index is -0.137. The van der Waals surface area contributed by atoms with Gasteiger partial charge in [-0.05, 0) is 26.0 Å². The molecule has 0 saturated heterocycles. The van der Waals surface area contributed by atoms with Crippen molar-refractivity contribution in [3.63, 3.8) is 0 Å². The maximum absolute atomic E-state index is 12.0. The van der Waals surface area contributed by atoms with E-state index in [4.69, 9.17) is 0 Å². The van der Waals surface area contributed by atoms with Crippen molar-refractivity contribution in [2.24, 2.45) is 11.0 Å². The molecule has 3 rings (SSSR count). The summed E-state index contributed by atoms with van der Waals surface area (Å²) in [6.45, 7) is 3.74. The van der Waals surface area contributed by atoms with E-state index in [1.165, 1.54) is 16.3 Å². The number of thiazole rings is 1. The lowest BCUT2D eigenvalue weighted by molar-refractivity contribution is -0.119. The molecule has 0 spiro atoms. The molecule has 0 saturated carbocycles. The number of hydrogen-bond donors (Lipinski definition) is 0. The molecule has 1 atom stereocenters. The zero-order valence-electron chi connectivity index (χ0n) is 9.54. The summed E-state index contributed by atoms with van der Waals surface area (Å²) in [6, 6.07) is 7.84. The van der Waals surface area contributed by atoms with Crippen molar-refractivity contribution in [3.8, 4) is 0 Å². The summed E-state index contributed by atoms with van der Waals surface area (Å²) in [4.78, 5) is 16.4. The molecule has 0 N–H and O–H groups in total. The fraction of sp³-hybridized carbons (Fsp3) is 0.250. The van der Waals surface area contributed by atoms with Gasteiger partial charge in [0, 0.05) is 5.71 Å². The van der Waals surface area contributed by atoms with E-state index < -0.39 is 0 Å². The summed E-state index contributed by atoms with van der Waals surface area (Å²) < 4.78 is 1.07. The van der Waals surface area contributed by atoms with Crippen molar-refractivity contribution >= 4 is 38.3 Å². The molecule has 0 bridgehead atoms. The summed E-state index contributed by atoms with van der Waals surface area (Å²) in [5.74, 6) is -0.136. The van der Waals surface area contributed by atoms with Crippen molar-refractivity contribution in [2.45, 2.75) is 13.8 Å². The number of aromatic nitrogens is 1. The van der Waals surface area contributed by atoms with Gasteiger partial charge in [-0.25, -0.2) is 4.98 Å². The van der Waals surface area contributed by atoms with Crippen molar-refractivity contribution in [1.82, 2.24) is 4.98 Å². The Labute approximate surface area is 103 Å². The number of anilines is 1. The number of fused-ring (bicyclic) bond motifs is 1. The second kappa shape index (κ2) is 3.63. The number of carbonyl (C=O) groups is 1. The van der Waals surface area contributed by atoms with E-state index in [9.17, 15) is 4.79 Å². The predicted molar refractivity (Wildman–Crippen MR) is 69.4 cm³/mol. The summed E-state index contributed by atoms with van der Waals surface area (Å²) in [7, 11) is 0. The molecular weight excluding hydrogens is 234 g/mol. The third-order valence-electron chi connectivity index (χ3n) is 2.93. The van der Waals surface area contributed by atoms with Crippen LogP contribution in [0.3, 0.4) is 0 Å². The molecule has 2 heterocycles. The molecule has 4 nitrogen and oxygen atoms in total. The molecule has 1 unspecified atom stereocenters. The average Bonchev–Trinajstić information content (AvgIpc) is 2.86. The van der Waals surface area contributed by atoms with E-state index >= 15 is 0 Å². The quantitative estimate of drug-likeness (QED) is 0.775. The SMILES string of the molecule is CC1=NN(c2nc3ccccc3s2)C(=O)C1C. The molecule has 1 aromatic heterocycles. The fourth-order valence-corrected chi connectivity index (χ4v) is 2.67. The third kappa shape index (κ3) is 1.54. The van der Waals surface area contributed by atoms with Gasteiger partial charge in [0.1, 0.15) is 0 Å². The van der Waals surface area contributed by atoms with E-state index in [1.807, 2.05) is 38.1 Å². The van der Waals surface area contributed by atoms with E-state index in [1.54, 1.807) is 0 Å². The maximum Gasteiger partial charge on any atom is 0.258 e. The third-order valence-corrected chi connectivity index (χ3v) is 3.94. The molecule has 1 amide bonds. The molecule has 86 valence electrons. The Morgan fingerprint density at radius 1 is 1.35 bits per heavy atom. The second-order valence-electron chi connectivity index (χ2n) is 4.08. The van der Waals surface area contributed by atoms with Gasteiger partial charge in [0.2, 0.25) is 5.13 Å². The number of carbonyl (C=O) groups excluding carboxylic acids is 1. The smallest absolute Gasteiger partial charge is 0.258 e. The average molecular weight is 245 g/mol. The predicted octanol–water partition coefficient (Wildman–Crippen LogP) is 2.65. The van der Waals surface area contributed by atoms with Crippen LogP contribution >= 0.6 is 11.3 Å². The zero-order chi connectivity index (χ0) is 12.0. The monoisotopic (exact) mass is 245 g/mol. The van der Waals surface area contributed by atoms with Gasteiger partial charge < -0.3 is 0 Å². The lowest BCUT2D eigenvalue weighted by atomic mass is 10.1. The van der Waals surface area contributed by atoms with Crippen LogP contribution in [-0.4, -0.2) is 16.6 Å². The van der Waals surface area contributed by atoms with Gasteiger partial charge >= 0.3 is 0 Å². The van der Waals surface area contributed by atoms with Gasteiger partial charge in [-0.3, -0.25) is 4.79 Å². The number of benzene rings is 1. The molecule has 1 aromatic carbocycles. The van der Waals surface area contributed by atoms with E-state index in [2.05, 4.69) is 10.1 Å². The zero-order valence-corrected chi connectivity index (χ0v) is 10.4. The van der Waals surface area contributed by atoms with Crippen molar-refractivity contribution in [2.75, 3.05) is 5.01 Å². The first-order valence-corrected chi connectivity index (χ1v) is 6.23. The standard InChI is InChI=1S/C12H11N3OS/c1-7-8(2)14-15(11(7)16)12-13-9-5-3-4-6-10(9)17-12/h3-7H,1-2H3. The Morgan fingerprint density at radius 3 is 2.76 bits per heavy atom. The van der Waals surface area contributed by atoms with Crippen LogP contribution in [0.25, 0.3) is 10.2 Å². The topological polar surface area (TPSA) is 45.6 Å². The van der Waals surface area contributed by atoms with Crippen LogP contribution < -0.4 is 5.01 Å². The van der Waals surface area contributed by atoms with Crippen LogP contribution in [0, 0.1) is 5.92 Å². The van der Waals surface area contributed by atoms with Gasteiger partial charge in [0.05, 0.1) is 16.1 Å². The minimum Gasteiger partial charge on any atom is -0.272 e. The Balaban J connectivity index is 2.08. The van der Waals surface area contributed by atoms with E-state index in [0.717, 1.165) is 15.9 Å². The van der Waals surface area contributed by atoms with E-state index in [0.29, 0.717) is 5.13 Å². The Kier molecular flexibility index (Phi) is 2.22. The van der Waals surface area contributed by atoms with Crippen LogP contribution in [0.1, 0.15) is 13.8 Å². The molecule has 1 aliphatic rings. The lowest BCUT2D eigenvalue weighted by Gasteiger charge is -2.07. The first kappa shape index (κ1) is 10.4. The summed E-state index contributed by atoms with van der Waals surface area (Å²) >= 11 is 1.49. The van der Waals surface area contributed by atoms with Gasteiger partial charge in [0.15, 0.2) is 0 Å². The molecule has 0 fully saturated rings. The molecule has 1 aliphatic heterocycles. The molecule has 0 radical (unpaired) electrons. The normalized spacial score (nSPS) is 20.1. The van der Waals surface area contributed by atoms with Crippen LogP contribution in [-0.2, 0) is 4.79 Å².